The molecule has 116 valence electrons. The van der Waals surface area contributed by atoms with Gasteiger partial charge in [0, 0.05) is 25.8 Å². The normalized spacial score (nSPS) is 23.0. The molecule has 4 heteroatoms. The second-order valence-corrected chi connectivity index (χ2v) is 6.38. The topological polar surface area (TPSA) is 45.2 Å². The molecule has 1 aliphatic heterocycles. The van der Waals surface area contributed by atoms with E-state index in [0.717, 1.165) is 37.8 Å². The van der Waals surface area contributed by atoms with Gasteiger partial charge in [0.25, 0.3) is 5.91 Å². The minimum Gasteiger partial charge on any atom is -0.351 e. The van der Waals surface area contributed by atoms with Gasteiger partial charge in [0.2, 0.25) is 0 Å². The van der Waals surface area contributed by atoms with Gasteiger partial charge >= 0.3 is 0 Å². The van der Waals surface area contributed by atoms with E-state index in [2.05, 4.69) is 29.0 Å². The van der Waals surface area contributed by atoms with Gasteiger partial charge in [-0.15, -0.1) is 0 Å². The molecule has 0 spiro atoms. The molecule has 0 bridgehead atoms. The van der Waals surface area contributed by atoms with Gasteiger partial charge < -0.3 is 10.2 Å². The first-order valence-corrected chi connectivity index (χ1v) is 8.06. The lowest BCUT2D eigenvalue weighted by Crippen LogP contribution is -2.39. The number of nitrogens with one attached hydrogen (secondary N) is 1. The molecule has 0 radical (unpaired) electrons. The molecule has 21 heavy (non-hydrogen) atoms. The van der Waals surface area contributed by atoms with Crippen molar-refractivity contribution in [3.05, 3.63) is 30.1 Å². The summed E-state index contributed by atoms with van der Waals surface area (Å²) in [7, 11) is 0. The van der Waals surface area contributed by atoms with E-state index in [0.29, 0.717) is 5.69 Å². The van der Waals surface area contributed by atoms with Crippen molar-refractivity contribution in [2.24, 2.45) is 11.8 Å². The van der Waals surface area contributed by atoms with Gasteiger partial charge in [-0.3, -0.25) is 9.78 Å². The quantitative estimate of drug-likeness (QED) is 0.819. The molecule has 1 aromatic rings. The molecular weight excluding hydrogens is 262 g/mol. The average Bonchev–Trinajstić information content (AvgIpc) is 2.46. The highest BCUT2D eigenvalue weighted by molar-refractivity contribution is 5.92. The van der Waals surface area contributed by atoms with E-state index in [9.17, 15) is 4.79 Å². The monoisotopic (exact) mass is 289 g/mol. The Kier molecular flexibility index (Phi) is 6.18. The maximum Gasteiger partial charge on any atom is 0.269 e. The van der Waals surface area contributed by atoms with Crippen molar-refractivity contribution in [2.45, 2.75) is 33.1 Å². The lowest BCUT2D eigenvalue weighted by molar-refractivity contribution is 0.0946. The van der Waals surface area contributed by atoms with Crippen LogP contribution in [0.2, 0.25) is 0 Å². The predicted octanol–water partition coefficient (Wildman–Crippen LogP) is 2.57. The Morgan fingerprint density at radius 1 is 1.29 bits per heavy atom. The SMILES string of the molecule is C[C@@H]1C[C@H](C)CN(CCCCNC(=O)c2ccccn2)C1. The number of likely N-dealkylation sites (tertiary alicyclic amines) is 1. The van der Waals surface area contributed by atoms with Crippen LogP contribution < -0.4 is 5.32 Å². The third kappa shape index (κ3) is 5.46. The predicted molar refractivity (Wildman–Crippen MR) is 85.2 cm³/mol. The first kappa shape index (κ1) is 16.0. The van der Waals surface area contributed by atoms with Crippen LogP contribution in [0.4, 0.5) is 0 Å². The van der Waals surface area contributed by atoms with Gasteiger partial charge in [-0.2, -0.15) is 0 Å². The van der Waals surface area contributed by atoms with Crippen LogP contribution in [0.15, 0.2) is 24.4 Å². The minimum atomic E-state index is -0.0733. The maximum absolute atomic E-state index is 11.8. The number of nitrogens with zero attached hydrogens (tertiary/aromatic N) is 2. The van der Waals surface area contributed by atoms with E-state index < -0.39 is 0 Å². The summed E-state index contributed by atoms with van der Waals surface area (Å²) in [6.07, 6.45) is 5.17. The number of amides is 1. The Bertz CT molecular complexity index is 425. The van der Waals surface area contributed by atoms with Gasteiger partial charge in [-0.25, -0.2) is 0 Å². The Hall–Kier alpha value is -1.42. The second kappa shape index (κ2) is 8.13. The molecule has 2 heterocycles. The summed E-state index contributed by atoms with van der Waals surface area (Å²) < 4.78 is 0. The van der Waals surface area contributed by atoms with Crippen molar-refractivity contribution in [3.63, 3.8) is 0 Å². The molecule has 2 rings (SSSR count). The van der Waals surface area contributed by atoms with Crippen LogP contribution in [0.25, 0.3) is 0 Å². The van der Waals surface area contributed by atoms with Crippen LogP contribution in [0.5, 0.6) is 0 Å². The van der Waals surface area contributed by atoms with Crippen LogP contribution in [-0.4, -0.2) is 42.0 Å². The molecule has 1 amide bonds. The van der Waals surface area contributed by atoms with Gasteiger partial charge in [-0.05, 0) is 49.8 Å². The fourth-order valence-electron chi connectivity index (χ4n) is 3.22. The number of hydrogen-bond acceptors (Lipinski definition) is 3. The molecule has 0 unspecified atom stereocenters. The molecule has 1 fully saturated rings. The van der Waals surface area contributed by atoms with Crippen molar-refractivity contribution < 1.29 is 4.79 Å². The molecule has 4 nitrogen and oxygen atoms in total. The zero-order valence-electron chi connectivity index (χ0n) is 13.2. The number of piperidine rings is 1. The van der Waals surface area contributed by atoms with Crippen molar-refractivity contribution in [1.29, 1.82) is 0 Å². The number of rotatable bonds is 6. The van der Waals surface area contributed by atoms with E-state index in [-0.39, 0.29) is 5.91 Å². The lowest BCUT2D eigenvalue weighted by Gasteiger charge is -2.34. The molecule has 1 aliphatic rings. The Balaban J connectivity index is 1.59. The summed E-state index contributed by atoms with van der Waals surface area (Å²) in [5.41, 5.74) is 0.496. The third-order valence-electron chi connectivity index (χ3n) is 4.03. The largest absolute Gasteiger partial charge is 0.351 e. The van der Waals surface area contributed by atoms with Crippen molar-refractivity contribution in [2.75, 3.05) is 26.2 Å². The van der Waals surface area contributed by atoms with Gasteiger partial charge in [-0.1, -0.05) is 19.9 Å². The number of pyridine rings is 1. The first-order chi connectivity index (χ1) is 10.1. The molecule has 2 atom stereocenters. The average molecular weight is 289 g/mol. The van der Waals surface area contributed by atoms with Crippen LogP contribution in [0.3, 0.4) is 0 Å². The highest BCUT2D eigenvalue weighted by Gasteiger charge is 2.20. The number of aromatic nitrogens is 1. The van der Waals surface area contributed by atoms with E-state index in [4.69, 9.17) is 0 Å². The second-order valence-electron chi connectivity index (χ2n) is 6.38. The molecule has 1 aromatic heterocycles. The fourth-order valence-corrected chi connectivity index (χ4v) is 3.22. The lowest BCUT2D eigenvalue weighted by atomic mass is 9.92. The van der Waals surface area contributed by atoms with Gasteiger partial charge in [0.15, 0.2) is 0 Å². The van der Waals surface area contributed by atoms with Gasteiger partial charge in [0.1, 0.15) is 5.69 Å². The third-order valence-corrected chi connectivity index (χ3v) is 4.03. The number of carbonyl (C=O) groups excluding carboxylic acids is 1. The standard InChI is InChI=1S/C17H27N3O/c1-14-11-15(2)13-20(12-14)10-6-5-9-19-17(21)16-7-3-4-8-18-16/h3-4,7-8,14-15H,5-6,9-13H2,1-2H3,(H,19,21)/t14-,15+. The van der Waals surface area contributed by atoms with Crippen LogP contribution in [-0.2, 0) is 0 Å². The zero-order valence-corrected chi connectivity index (χ0v) is 13.2. The summed E-state index contributed by atoms with van der Waals surface area (Å²) >= 11 is 0. The number of hydrogen-bond donors (Lipinski definition) is 1. The summed E-state index contributed by atoms with van der Waals surface area (Å²) in [5.74, 6) is 1.56. The van der Waals surface area contributed by atoms with Crippen molar-refractivity contribution in [1.82, 2.24) is 15.2 Å². The van der Waals surface area contributed by atoms with Crippen molar-refractivity contribution >= 4 is 5.91 Å². The highest BCUT2D eigenvalue weighted by atomic mass is 16.1. The molecule has 0 saturated carbocycles. The fraction of sp³-hybridized carbons (Fsp3) is 0.647. The zero-order chi connectivity index (χ0) is 15.1. The Morgan fingerprint density at radius 2 is 2.05 bits per heavy atom. The number of unbranched alkanes of at least 4 members (excludes halogenated alkanes) is 1. The van der Waals surface area contributed by atoms with Crippen molar-refractivity contribution in [3.8, 4) is 0 Å². The number of carbonyl (C=O) groups is 1. The highest BCUT2D eigenvalue weighted by Crippen LogP contribution is 2.20. The molecular formula is C17H27N3O. The minimum absolute atomic E-state index is 0.0733. The summed E-state index contributed by atoms with van der Waals surface area (Å²) in [4.78, 5) is 18.4. The van der Waals surface area contributed by atoms with E-state index in [1.54, 1.807) is 12.3 Å². The van der Waals surface area contributed by atoms with Crippen LogP contribution in [0, 0.1) is 11.8 Å². The Labute approximate surface area is 127 Å². The van der Waals surface area contributed by atoms with E-state index >= 15 is 0 Å². The first-order valence-electron chi connectivity index (χ1n) is 8.06. The molecule has 0 aliphatic carbocycles. The summed E-state index contributed by atoms with van der Waals surface area (Å²) in [5, 5.41) is 2.93. The maximum atomic E-state index is 11.8. The molecule has 0 aromatic carbocycles. The summed E-state index contributed by atoms with van der Waals surface area (Å²) in [6.45, 7) is 9.02. The van der Waals surface area contributed by atoms with Gasteiger partial charge in [0.05, 0.1) is 0 Å². The Morgan fingerprint density at radius 3 is 2.71 bits per heavy atom. The smallest absolute Gasteiger partial charge is 0.269 e. The van der Waals surface area contributed by atoms with Crippen LogP contribution in [0.1, 0.15) is 43.6 Å². The molecule has 1 saturated heterocycles. The van der Waals surface area contributed by atoms with Crippen LogP contribution >= 0.6 is 0 Å². The van der Waals surface area contributed by atoms with E-state index in [1.807, 2.05) is 12.1 Å². The summed E-state index contributed by atoms with van der Waals surface area (Å²) in [6, 6.07) is 5.39. The van der Waals surface area contributed by atoms with E-state index in [1.165, 1.54) is 19.5 Å². The molecule has 1 N–H and O–H groups in total.